The molecule has 0 spiro atoms. The van der Waals surface area contributed by atoms with Crippen molar-refractivity contribution in [1.82, 2.24) is 4.90 Å². The first-order chi connectivity index (χ1) is 10.1. The molecular formula is C14H27NO6. The van der Waals surface area contributed by atoms with E-state index in [2.05, 4.69) is 4.90 Å². The average molecular weight is 305 g/mol. The van der Waals surface area contributed by atoms with Crippen LogP contribution in [0.15, 0.2) is 0 Å². The molecule has 0 amide bonds. The van der Waals surface area contributed by atoms with Crippen molar-refractivity contribution in [2.24, 2.45) is 0 Å². The molecule has 0 saturated carbocycles. The first-order valence-electron chi connectivity index (χ1n) is 7.66. The van der Waals surface area contributed by atoms with Crippen molar-refractivity contribution in [3.63, 3.8) is 0 Å². The van der Waals surface area contributed by atoms with Crippen LogP contribution in [0, 0.1) is 0 Å². The third-order valence-corrected chi connectivity index (χ3v) is 4.18. The van der Waals surface area contributed by atoms with Crippen molar-refractivity contribution in [2.45, 2.75) is 50.0 Å². The third-order valence-electron chi connectivity index (χ3n) is 4.18. The zero-order chi connectivity index (χ0) is 15.2. The number of aliphatic hydroxyl groups excluding tert-OH is 3. The minimum absolute atomic E-state index is 0.165. The van der Waals surface area contributed by atoms with Gasteiger partial charge in [0, 0.05) is 13.7 Å². The Labute approximate surface area is 125 Å². The molecule has 7 nitrogen and oxygen atoms in total. The maximum absolute atomic E-state index is 9.89. The Balaban J connectivity index is 1.69. The Hall–Kier alpha value is -0.280. The minimum atomic E-state index is -1.29. The fraction of sp³-hybridized carbons (Fsp3) is 1.00. The van der Waals surface area contributed by atoms with Crippen LogP contribution >= 0.6 is 0 Å². The molecule has 2 rings (SSSR count). The summed E-state index contributed by atoms with van der Waals surface area (Å²) in [5.41, 5.74) is 0. The molecule has 0 bridgehead atoms. The maximum atomic E-state index is 9.89. The zero-order valence-electron chi connectivity index (χ0n) is 12.6. The molecule has 0 aromatic rings. The first-order valence-corrected chi connectivity index (χ1v) is 7.66. The van der Waals surface area contributed by atoms with E-state index in [9.17, 15) is 15.3 Å². The molecule has 3 N–H and O–H groups in total. The van der Waals surface area contributed by atoms with Crippen LogP contribution in [0.2, 0.25) is 0 Å². The van der Waals surface area contributed by atoms with Gasteiger partial charge in [-0.3, -0.25) is 0 Å². The van der Waals surface area contributed by atoms with Gasteiger partial charge >= 0.3 is 0 Å². The van der Waals surface area contributed by atoms with Crippen LogP contribution < -0.4 is 0 Å². The average Bonchev–Trinajstić information content (AvgIpc) is 2.52. The van der Waals surface area contributed by atoms with Gasteiger partial charge in [0.05, 0.1) is 13.2 Å². The highest BCUT2D eigenvalue weighted by atomic mass is 16.7. The van der Waals surface area contributed by atoms with Gasteiger partial charge in [0.15, 0.2) is 6.29 Å². The van der Waals surface area contributed by atoms with Crippen LogP contribution in [0.4, 0.5) is 0 Å². The molecule has 21 heavy (non-hydrogen) atoms. The normalized spacial score (nSPS) is 38.6. The van der Waals surface area contributed by atoms with Crippen LogP contribution in [0.25, 0.3) is 0 Å². The van der Waals surface area contributed by atoms with Gasteiger partial charge in [-0.05, 0) is 25.9 Å². The fourth-order valence-corrected chi connectivity index (χ4v) is 2.83. The summed E-state index contributed by atoms with van der Waals surface area (Å²) in [7, 11) is 1.38. The Morgan fingerprint density at radius 2 is 1.76 bits per heavy atom. The predicted molar refractivity (Wildman–Crippen MR) is 74.8 cm³/mol. The van der Waals surface area contributed by atoms with Gasteiger partial charge in [0.2, 0.25) is 0 Å². The summed E-state index contributed by atoms with van der Waals surface area (Å²) in [4.78, 5) is 2.36. The molecule has 124 valence electrons. The molecule has 7 heteroatoms. The molecule has 2 aliphatic rings. The van der Waals surface area contributed by atoms with Crippen molar-refractivity contribution in [2.75, 3.05) is 40.0 Å². The highest BCUT2D eigenvalue weighted by Crippen LogP contribution is 2.21. The van der Waals surface area contributed by atoms with E-state index in [1.54, 1.807) is 0 Å². The molecule has 2 aliphatic heterocycles. The number of likely N-dealkylation sites (tertiary alicyclic amines) is 1. The lowest BCUT2D eigenvalue weighted by atomic mass is 9.99. The first kappa shape index (κ1) is 17.1. The molecule has 2 saturated heterocycles. The monoisotopic (exact) mass is 305 g/mol. The van der Waals surface area contributed by atoms with Crippen molar-refractivity contribution in [1.29, 1.82) is 0 Å². The Morgan fingerprint density at radius 3 is 2.43 bits per heavy atom. The van der Waals surface area contributed by atoms with Crippen LogP contribution in [-0.4, -0.2) is 90.9 Å². The standard InChI is InChI=1S/C14H27NO6/c1-19-14-13(18)12(17)11(16)10(21-14)9-20-8-7-15-5-3-2-4-6-15/h10-14,16-18H,2-9H2,1H3. The molecule has 0 aromatic carbocycles. The minimum Gasteiger partial charge on any atom is -0.387 e. The lowest BCUT2D eigenvalue weighted by molar-refractivity contribution is -0.296. The smallest absolute Gasteiger partial charge is 0.186 e. The van der Waals surface area contributed by atoms with E-state index in [1.165, 1.54) is 26.4 Å². The summed E-state index contributed by atoms with van der Waals surface area (Å²) >= 11 is 0. The number of ether oxygens (including phenoxy) is 3. The number of piperidine rings is 1. The molecule has 5 unspecified atom stereocenters. The summed E-state index contributed by atoms with van der Waals surface area (Å²) < 4.78 is 15.9. The van der Waals surface area contributed by atoms with Crippen molar-refractivity contribution < 1.29 is 29.5 Å². The van der Waals surface area contributed by atoms with Crippen LogP contribution in [0.1, 0.15) is 19.3 Å². The van der Waals surface area contributed by atoms with Gasteiger partial charge in [0.25, 0.3) is 0 Å². The summed E-state index contributed by atoms with van der Waals surface area (Å²) in [6.07, 6.45) is -1.59. The van der Waals surface area contributed by atoms with E-state index in [0.717, 1.165) is 19.6 Å². The highest BCUT2D eigenvalue weighted by Gasteiger charge is 2.43. The summed E-state index contributed by atoms with van der Waals surface area (Å²) in [5, 5.41) is 29.3. The van der Waals surface area contributed by atoms with Crippen molar-refractivity contribution >= 4 is 0 Å². The number of rotatable bonds is 6. The number of aliphatic hydroxyl groups is 3. The molecule has 0 aliphatic carbocycles. The van der Waals surface area contributed by atoms with Gasteiger partial charge < -0.3 is 34.4 Å². The Morgan fingerprint density at radius 1 is 1.05 bits per heavy atom. The summed E-state index contributed by atoms with van der Waals surface area (Å²) in [6.45, 7) is 3.81. The maximum Gasteiger partial charge on any atom is 0.186 e. The number of nitrogens with zero attached hydrogens (tertiary/aromatic N) is 1. The van der Waals surface area contributed by atoms with Crippen LogP contribution in [-0.2, 0) is 14.2 Å². The fourth-order valence-electron chi connectivity index (χ4n) is 2.83. The van der Waals surface area contributed by atoms with Crippen molar-refractivity contribution in [3.05, 3.63) is 0 Å². The Kier molecular flexibility index (Phi) is 6.81. The van der Waals surface area contributed by atoms with E-state index in [0.29, 0.717) is 6.61 Å². The van der Waals surface area contributed by atoms with E-state index < -0.39 is 30.7 Å². The predicted octanol–water partition coefficient (Wildman–Crippen LogP) is -1.06. The largest absolute Gasteiger partial charge is 0.387 e. The van der Waals surface area contributed by atoms with Gasteiger partial charge in [-0.25, -0.2) is 0 Å². The lowest BCUT2D eigenvalue weighted by Crippen LogP contribution is -2.59. The second-order valence-corrected chi connectivity index (χ2v) is 5.73. The molecule has 0 radical (unpaired) electrons. The van der Waals surface area contributed by atoms with Gasteiger partial charge in [-0.1, -0.05) is 6.42 Å². The second-order valence-electron chi connectivity index (χ2n) is 5.73. The quantitative estimate of drug-likeness (QED) is 0.539. The number of hydrogen-bond donors (Lipinski definition) is 3. The zero-order valence-corrected chi connectivity index (χ0v) is 12.6. The molecular weight excluding hydrogens is 278 g/mol. The highest BCUT2D eigenvalue weighted by molar-refractivity contribution is 4.89. The van der Waals surface area contributed by atoms with E-state index in [4.69, 9.17) is 14.2 Å². The lowest BCUT2D eigenvalue weighted by Gasteiger charge is -2.39. The van der Waals surface area contributed by atoms with Gasteiger partial charge in [-0.15, -0.1) is 0 Å². The van der Waals surface area contributed by atoms with Gasteiger partial charge in [0.1, 0.15) is 24.4 Å². The van der Waals surface area contributed by atoms with E-state index >= 15 is 0 Å². The number of methoxy groups -OCH3 is 1. The summed E-state index contributed by atoms with van der Waals surface area (Å²) in [5.74, 6) is 0. The van der Waals surface area contributed by atoms with E-state index in [-0.39, 0.29) is 6.61 Å². The van der Waals surface area contributed by atoms with Crippen LogP contribution in [0.5, 0.6) is 0 Å². The molecule has 2 fully saturated rings. The van der Waals surface area contributed by atoms with E-state index in [1.807, 2.05) is 0 Å². The second kappa shape index (κ2) is 8.38. The van der Waals surface area contributed by atoms with Gasteiger partial charge in [-0.2, -0.15) is 0 Å². The number of hydrogen-bond acceptors (Lipinski definition) is 7. The van der Waals surface area contributed by atoms with Crippen molar-refractivity contribution in [3.8, 4) is 0 Å². The summed E-state index contributed by atoms with van der Waals surface area (Å²) in [6, 6.07) is 0. The SMILES string of the molecule is COC1OC(COCCN2CCCCC2)C(O)C(O)C1O. The molecule has 5 atom stereocenters. The molecule has 2 heterocycles. The molecule has 0 aromatic heterocycles. The Bertz CT molecular complexity index is 297. The topological polar surface area (TPSA) is 91.6 Å². The third kappa shape index (κ3) is 4.59. The van der Waals surface area contributed by atoms with Crippen LogP contribution in [0.3, 0.4) is 0 Å².